The fourth-order valence-corrected chi connectivity index (χ4v) is 4.86. The van der Waals surface area contributed by atoms with E-state index in [0.29, 0.717) is 11.5 Å². The Morgan fingerprint density at radius 2 is 1.53 bits per heavy atom. The summed E-state index contributed by atoms with van der Waals surface area (Å²) in [5.74, 6) is 0.366. The lowest BCUT2D eigenvalue weighted by molar-refractivity contribution is 0.628. The van der Waals surface area contributed by atoms with E-state index in [9.17, 15) is 8.60 Å². The second-order valence-electron chi connectivity index (χ2n) is 8.46. The van der Waals surface area contributed by atoms with Crippen LogP contribution < -0.4 is 0 Å². The van der Waals surface area contributed by atoms with Gasteiger partial charge >= 0.3 is 0 Å². The number of nitrogens with one attached hydrogen (secondary N) is 2. The normalized spacial score (nSPS) is 12.2. The molecular formula is C29H21FN4OS. The number of nitrogens with zero attached hydrogens (tertiary/aromatic N) is 2. The van der Waals surface area contributed by atoms with E-state index in [1.165, 1.54) is 12.1 Å². The topological polar surface area (TPSA) is 74.4 Å². The number of benzene rings is 3. The Labute approximate surface area is 209 Å². The van der Waals surface area contributed by atoms with Gasteiger partial charge in [0.2, 0.25) is 0 Å². The Balaban J connectivity index is 1.54. The molecule has 5 nitrogen and oxygen atoms in total. The van der Waals surface area contributed by atoms with E-state index in [-0.39, 0.29) is 5.82 Å². The Morgan fingerprint density at radius 3 is 2.25 bits per heavy atom. The molecule has 0 saturated carbocycles. The summed E-state index contributed by atoms with van der Waals surface area (Å²) in [6.07, 6.45) is 3.42. The highest BCUT2D eigenvalue weighted by molar-refractivity contribution is 7.84. The molecule has 6 rings (SSSR count). The number of fused-ring (bicyclic) bond motifs is 1. The molecule has 0 spiro atoms. The first-order valence-electron chi connectivity index (χ1n) is 11.4. The Morgan fingerprint density at radius 1 is 0.806 bits per heavy atom. The minimum absolute atomic E-state index is 0.302. The molecule has 0 saturated heterocycles. The van der Waals surface area contributed by atoms with Crippen LogP contribution >= 0.6 is 0 Å². The van der Waals surface area contributed by atoms with Gasteiger partial charge in [-0.05, 0) is 54.1 Å². The van der Waals surface area contributed by atoms with E-state index >= 15 is 0 Å². The summed E-state index contributed by atoms with van der Waals surface area (Å²) in [6.45, 7) is 0. The molecule has 7 heteroatoms. The lowest BCUT2D eigenvalue weighted by Gasteiger charge is -2.05. The monoisotopic (exact) mass is 492 g/mol. The molecule has 36 heavy (non-hydrogen) atoms. The Kier molecular flexibility index (Phi) is 5.54. The van der Waals surface area contributed by atoms with Gasteiger partial charge in [-0.2, -0.15) is 0 Å². The highest BCUT2D eigenvalue weighted by Crippen LogP contribution is 2.37. The molecule has 0 aliphatic rings. The minimum atomic E-state index is -1.06. The van der Waals surface area contributed by atoms with Crippen LogP contribution in [0.25, 0.3) is 56.2 Å². The van der Waals surface area contributed by atoms with Crippen LogP contribution in [0.15, 0.2) is 102 Å². The summed E-state index contributed by atoms with van der Waals surface area (Å²) in [6, 6.07) is 28.0. The zero-order chi connectivity index (χ0) is 24.6. The van der Waals surface area contributed by atoms with Gasteiger partial charge in [-0.15, -0.1) is 0 Å². The molecular weight excluding hydrogens is 471 g/mol. The van der Waals surface area contributed by atoms with E-state index in [2.05, 4.69) is 33.2 Å². The van der Waals surface area contributed by atoms with Gasteiger partial charge in [0, 0.05) is 55.9 Å². The van der Waals surface area contributed by atoms with Crippen LogP contribution in [0.2, 0.25) is 0 Å². The van der Waals surface area contributed by atoms with Gasteiger partial charge in [0.25, 0.3) is 0 Å². The fraction of sp³-hybridized carbons (Fsp3) is 0.0345. The van der Waals surface area contributed by atoms with Crippen molar-refractivity contribution in [1.29, 1.82) is 0 Å². The smallest absolute Gasteiger partial charge is 0.138 e. The van der Waals surface area contributed by atoms with E-state index in [0.717, 1.165) is 49.6 Å². The molecule has 6 aromatic rings. The first-order valence-corrected chi connectivity index (χ1v) is 13.0. The molecule has 1 atom stereocenters. The van der Waals surface area contributed by atoms with E-state index < -0.39 is 10.8 Å². The maximum Gasteiger partial charge on any atom is 0.138 e. The highest BCUT2D eigenvalue weighted by Gasteiger charge is 2.19. The Hall–Kier alpha value is -4.36. The number of pyridine rings is 1. The predicted octanol–water partition coefficient (Wildman–Crippen LogP) is 6.83. The minimum Gasteiger partial charge on any atom is -0.339 e. The number of H-pyrrole nitrogens is 2. The average molecular weight is 493 g/mol. The van der Waals surface area contributed by atoms with Gasteiger partial charge in [-0.25, -0.2) is 14.4 Å². The molecule has 0 fully saturated rings. The van der Waals surface area contributed by atoms with Crippen molar-refractivity contribution in [2.24, 2.45) is 0 Å². The average Bonchev–Trinajstić information content (AvgIpc) is 3.55. The van der Waals surface area contributed by atoms with Crippen molar-refractivity contribution in [1.82, 2.24) is 19.9 Å². The van der Waals surface area contributed by atoms with Crippen LogP contribution in [0.5, 0.6) is 0 Å². The van der Waals surface area contributed by atoms with Crippen molar-refractivity contribution in [2.45, 2.75) is 4.90 Å². The van der Waals surface area contributed by atoms with E-state index in [1.54, 1.807) is 24.6 Å². The Bertz CT molecular complexity index is 1700. The third-order valence-corrected chi connectivity index (χ3v) is 7.10. The van der Waals surface area contributed by atoms with Gasteiger partial charge < -0.3 is 9.97 Å². The first-order chi connectivity index (χ1) is 17.6. The molecule has 0 bridgehead atoms. The zero-order valence-corrected chi connectivity index (χ0v) is 20.1. The van der Waals surface area contributed by atoms with Crippen LogP contribution in [0.3, 0.4) is 0 Å². The molecule has 3 heterocycles. The number of hydrogen-bond donors (Lipinski definition) is 2. The van der Waals surface area contributed by atoms with Gasteiger partial charge in [-0.3, -0.25) is 4.21 Å². The maximum atomic E-state index is 13.7. The van der Waals surface area contributed by atoms with Gasteiger partial charge in [-0.1, -0.05) is 42.5 Å². The fourth-order valence-electron chi connectivity index (χ4n) is 4.34. The third kappa shape index (κ3) is 4.03. The lowest BCUT2D eigenvalue weighted by Crippen LogP contribution is -1.87. The molecule has 3 aromatic carbocycles. The molecule has 176 valence electrons. The predicted molar refractivity (Wildman–Crippen MR) is 142 cm³/mol. The van der Waals surface area contributed by atoms with Crippen LogP contribution in [0.1, 0.15) is 0 Å². The second kappa shape index (κ2) is 9.02. The van der Waals surface area contributed by atoms with Gasteiger partial charge in [0.15, 0.2) is 0 Å². The summed E-state index contributed by atoms with van der Waals surface area (Å²) < 4.78 is 25.5. The number of imidazole rings is 1. The van der Waals surface area contributed by atoms with E-state index in [1.807, 2.05) is 48.5 Å². The van der Waals surface area contributed by atoms with Crippen LogP contribution in [-0.2, 0) is 10.8 Å². The molecule has 0 aliphatic carbocycles. The number of aromatic amines is 2. The molecule has 3 aromatic heterocycles. The maximum absolute atomic E-state index is 13.7. The number of rotatable bonds is 5. The quantitative estimate of drug-likeness (QED) is 0.277. The van der Waals surface area contributed by atoms with Crippen molar-refractivity contribution in [2.75, 3.05) is 6.26 Å². The summed E-state index contributed by atoms with van der Waals surface area (Å²) in [5, 5.41) is 0.951. The van der Waals surface area contributed by atoms with Crippen LogP contribution in [0, 0.1) is 5.82 Å². The largest absolute Gasteiger partial charge is 0.339 e. The van der Waals surface area contributed by atoms with Crippen LogP contribution in [0.4, 0.5) is 4.39 Å². The van der Waals surface area contributed by atoms with Crippen molar-refractivity contribution in [3.63, 3.8) is 0 Å². The lowest BCUT2D eigenvalue weighted by atomic mass is 10.0. The summed E-state index contributed by atoms with van der Waals surface area (Å²) in [4.78, 5) is 17.1. The molecule has 0 aliphatic heterocycles. The number of aromatic nitrogens is 4. The second-order valence-corrected chi connectivity index (χ2v) is 9.84. The van der Waals surface area contributed by atoms with Gasteiger partial charge in [0.05, 0.1) is 11.4 Å². The SMILES string of the molecule is CS(=O)c1ccc(-c2nc(-c3ccc(F)cc3)c(-c3ccnc4[nH]c(-c5ccccc5)cc34)[nH]2)cc1. The highest BCUT2D eigenvalue weighted by atomic mass is 32.2. The number of hydrogen-bond acceptors (Lipinski definition) is 3. The first kappa shape index (κ1) is 22.1. The summed E-state index contributed by atoms with van der Waals surface area (Å²) in [5.41, 5.74) is 6.92. The van der Waals surface area contributed by atoms with Crippen LogP contribution in [-0.4, -0.2) is 30.4 Å². The van der Waals surface area contributed by atoms with Crippen molar-refractivity contribution in [3.8, 4) is 45.2 Å². The van der Waals surface area contributed by atoms with Gasteiger partial charge in [0.1, 0.15) is 17.3 Å². The van der Waals surface area contributed by atoms with Crippen molar-refractivity contribution >= 4 is 21.8 Å². The van der Waals surface area contributed by atoms with Crippen molar-refractivity contribution < 1.29 is 8.60 Å². The molecule has 0 amide bonds. The summed E-state index contributed by atoms with van der Waals surface area (Å²) in [7, 11) is -1.06. The molecule has 2 N–H and O–H groups in total. The van der Waals surface area contributed by atoms with E-state index in [4.69, 9.17) is 4.98 Å². The molecule has 1 unspecified atom stereocenters. The zero-order valence-electron chi connectivity index (χ0n) is 19.3. The number of halogens is 1. The summed E-state index contributed by atoms with van der Waals surface area (Å²) >= 11 is 0. The third-order valence-electron chi connectivity index (χ3n) is 6.17. The van der Waals surface area contributed by atoms with Crippen molar-refractivity contribution in [3.05, 3.63) is 103 Å². The standard InChI is InChI=1S/C29H21FN4OS/c1-36(35)22-13-9-20(10-14-22)28-33-26(19-7-11-21(30)12-8-19)27(34-28)23-15-16-31-29-24(23)17-25(32-29)18-5-3-2-4-6-18/h2-17H,1H3,(H,31,32)(H,33,34). The molecule has 0 radical (unpaired) electrons.